The second-order valence-electron chi connectivity index (χ2n) is 9.95. The Bertz CT molecular complexity index is 742. The molecule has 1 aromatic rings. The van der Waals surface area contributed by atoms with E-state index in [0.29, 0.717) is 17.8 Å². The fraction of sp³-hybridized carbons (Fsp3) is 0.696. The zero-order chi connectivity index (χ0) is 18.2. The minimum atomic E-state index is -2.44. The first-order valence-electron chi connectivity index (χ1n) is 10.3. The van der Waals surface area contributed by atoms with Gasteiger partial charge in [0.05, 0.1) is 0 Å². The molecule has 6 atom stereocenters. The molecule has 5 rings (SSSR count). The topological polar surface area (TPSA) is 12.9 Å². The van der Waals surface area contributed by atoms with E-state index >= 15 is 0 Å². The third kappa shape index (κ3) is 2.21. The third-order valence-electron chi connectivity index (χ3n) is 8.80. The Hall–Kier alpha value is -1.25. The van der Waals surface area contributed by atoms with Gasteiger partial charge in [-0.05, 0) is 83.8 Å². The zero-order valence-corrected chi connectivity index (χ0v) is 15.8. The van der Waals surface area contributed by atoms with Crippen LogP contribution in [0.3, 0.4) is 0 Å². The molecule has 4 aliphatic carbocycles. The maximum Gasteiger partial charge on any atom is 0.249 e. The molecule has 1 aromatic heterocycles. The number of fused-ring (bicyclic) bond motifs is 5. The van der Waals surface area contributed by atoms with Crippen LogP contribution in [-0.4, -0.2) is 10.9 Å². The highest BCUT2D eigenvalue weighted by Crippen LogP contribution is 2.69. The van der Waals surface area contributed by atoms with Crippen molar-refractivity contribution in [2.45, 2.75) is 64.7 Å². The van der Waals surface area contributed by atoms with Crippen molar-refractivity contribution in [2.24, 2.45) is 34.5 Å². The van der Waals surface area contributed by atoms with E-state index in [-0.39, 0.29) is 29.6 Å². The molecule has 140 valence electrons. The van der Waals surface area contributed by atoms with Crippen LogP contribution in [0.25, 0.3) is 5.57 Å². The fourth-order valence-corrected chi connectivity index (χ4v) is 7.67. The van der Waals surface area contributed by atoms with Crippen LogP contribution in [-0.2, 0) is 0 Å². The number of aromatic nitrogens is 1. The Morgan fingerprint density at radius 1 is 1.12 bits per heavy atom. The van der Waals surface area contributed by atoms with E-state index in [1.54, 1.807) is 0 Å². The van der Waals surface area contributed by atoms with Gasteiger partial charge in [0.1, 0.15) is 0 Å². The summed E-state index contributed by atoms with van der Waals surface area (Å²) in [5, 5.41) is 0. The van der Waals surface area contributed by atoms with Gasteiger partial charge in [0, 0.05) is 25.2 Å². The van der Waals surface area contributed by atoms with Gasteiger partial charge in [-0.25, -0.2) is 8.78 Å². The largest absolute Gasteiger partial charge is 0.264 e. The summed E-state index contributed by atoms with van der Waals surface area (Å²) in [5.74, 6) is -0.508. The molecule has 0 amide bonds. The molecule has 0 radical (unpaired) electrons. The monoisotopic (exact) mass is 357 g/mol. The lowest BCUT2D eigenvalue weighted by atomic mass is 9.47. The van der Waals surface area contributed by atoms with Gasteiger partial charge in [-0.1, -0.05) is 26.0 Å². The van der Waals surface area contributed by atoms with Crippen molar-refractivity contribution in [1.29, 1.82) is 0 Å². The van der Waals surface area contributed by atoms with Crippen molar-refractivity contribution in [3.8, 4) is 0 Å². The van der Waals surface area contributed by atoms with Crippen molar-refractivity contribution in [3.63, 3.8) is 0 Å². The minimum absolute atomic E-state index is 0.123. The van der Waals surface area contributed by atoms with E-state index in [4.69, 9.17) is 0 Å². The molecule has 3 heteroatoms. The van der Waals surface area contributed by atoms with Gasteiger partial charge in [-0.2, -0.15) is 0 Å². The first-order chi connectivity index (χ1) is 12.3. The second kappa shape index (κ2) is 5.39. The van der Waals surface area contributed by atoms with Crippen LogP contribution >= 0.6 is 0 Å². The number of nitrogens with zero attached hydrogens (tertiary/aromatic N) is 1. The van der Waals surface area contributed by atoms with Crippen LogP contribution in [0.15, 0.2) is 30.6 Å². The van der Waals surface area contributed by atoms with Crippen molar-refractivity contribution < 1.29 is 8.78 Å². The minimum Gasteiger partial charge on any atom is -0.264 e. The molecule has 3 fully saturated rings. The Morgan fingerprint density at radius 2 is 1.96 bits per heavy atom. The van der Waals surface area contributed by atoms with E-state index in [1.165, 1.54) is 11.1 Å². The standard InChI is InChI=1S/C23H29F2N/c1-21-10-9-20-17(6-5-16-12-23(24,25)14-22(16,20)2)19(21)8-7-18(21)15-4-3-11-26-13-15/h3-4,7,11,13,16-17,19-20H,5-6,8-10,12,14H2,1-2H3/t16?,17-,19-,20-,21+,22-/m0/s1. The number of hydrogen-bond donors (Lipinski definition) is 0. The van der Waals surface area contributed by atoms with E-state index < -0.39 is 5.92 Å². The van der Waals surface area contributed by atoms with E-state index in [0.717, 1.165) is 32.1 Å². The van der Waals surface area contributed by atoms with Crippen molar-refractivity contribution in [1.82, 2.24) is 4.98 Å². The van der Waals surface area contributed by atoms with Crippen LogP contribution in [0.5, 0.6) is 0 Å². The van der Waals surface area contributed by atoms with Gasteiger partial charge in [0.25, 0.3) is 0 Å². The molecule has 26 heavy (non-hydrogen) atoms. The molecular formula is C23H29F2N. The van der Waals surface area contributed by atoms with E-state index in [9.17, 15) is 8.78 Å². The fourth-order valence-electron chi connectivity index (χ4n) is 7.67. The number of halogens is 2. The summed E-state index contributed by atoms with van der Waals surface area (Å²) >= 11 is 0. The first-order valence-corrected chi connectivity index (χ1v) is 10.3. The molecule has 0 aliphatic heterocycles. The van der Waals surface area contributed by atoms with Crippen molar-refractivity contribution in [2.75, 3.05) is 0 Å². The Morgan fingerprint density at radius 3 is 2.73 bits per heavy atom. The highest BCUT2D eigenvalue weighted by molar-refractivity contribution is 5.72. The molecule has 1 unspecified atom stereocenters. The van der Waals surface area contributed by atoms with Crippen LogP contribution in [0.1, 0.15) is 64.4 Å². The molecule has 0 saturated heterocycles. The molecule has 0 aromatic carbocycles. The lowest BCUT2D eigenvalue weighted by molar-refractivity contribution is -0.0724. The number of allylic oxidation sites excluding steroid dienone is 2. The first kappa shape index (κ1) is 16.9. The highest BCUT2D eigenvalue weighted by atomic mass is 19.3. The molecule has 0 spiro atoms. The van der Waals surface area contributed by atoms with Crippen LogP contribution in [0.4, 0.5) is 8.78 Å². The van der Waals surface area contributed by atoms with Gasteiger partial charge in [0.15, 0.2) is 0 Å². The molecule has 3 saturated carbocycles. The smallest absolute Gasteiger partial charge is 0.249 e. The Balaban J connectivity index is 1.46. The summed E-state index contributed by atoms with van der Waals surface area (Å²) in [4.78, 5) is 4.33. The van der Waals surface area contributed by atoms with Gasteiger partial charge < -0.3 is 0 Å². The number of alkyl halides is 2. The molecule has 1 nitrogen and oxygen atoms in total. The lowest BCUT2D eigenvalue weighted by Gasteiger charge is -2.57. The Labute approximate surface area is 155 Å². The van der Waals surface area contributed by atoms with Crippen LogP contribution in [0.2, 0.25) is 0 Å². The summed E-state index contributed by atoms with van der Waals surface area (Å²) in [6, 6.07) is 4.19. The van der Waals surface area contributed by atoms with E-state index in [1.807, 2.05) is 18.5 Å². The lowest BCUT2D eigenvalue weighted by Crippen LogP contribution is -2.49. The van der Waals surface area contributed by atoms with Gasteiger partial charge >= 0.3 is 0 Å². The quantitative estimate of drug-likeness (QED) is 0.569. The normalized spacial score (nSPS) is 46.2. The molecule has 0 N–H and O–H groups in total. The summed E-state index contributed by atoms with van der Waals surface area (Å²) in [6.45, 7) is 4.62. The second-order valence-corrected chi connectivity index (χ2v) is 9.95. The molecular weight excluding hydrogens is 328 g/mol. The number of hydrogen-bond acceptors (Lipinski definition) is 1. The predicted octanol–water partition coefficient (Wildman–Crippen LogP) is 6.36. The van der Waals surface area contributed by atoms with Gasteiger partial charge in [-0.15, -0.1) is 0 Å². The predicted molar refractivity (Wildman–Crippen MR) is 99.7 cm³/mol. The summed E-state index contributed by atoms with van der Waals surface area (Å²) < 4.78 is 28.5. The summed E-state index contributed by atoms with van der Waals surface area (Å²) in [7, 11) is 0. The summed E-state index contributed by atoms with van der Waals surface area (Å²) in [5.41, 5.74) is 2.75. The number of pyridine rings is 1. The van der Waals surface area contributed by atoms with Crippen molar-refractivity contribution in [3.05, 3.63) is 36.2 Å². The Kier molecular flexibility index (Phi) is 3.50. The van der Waals surface area contributed by atoms with Crippen LogP contribution < -0.4 is 0 Å². The SMILES string of the molecule is C[C@]12CC(F)(F)CC1CC[C@@H]1[C@@H]2CC[C@]2(C)C(c3cccnc3)=CC[C@@H]12. The van der Waals surface area contributed by atoms with Gasteiger partial charge in [-0.3, -0.25) is 4.98 Å². The average Bonchev–Trinajstić information content (AvgIpc) is 3.07. The molecule has 1 heterocycles. The number of rotatable bonds is 1. The maximum absolute atomic E-state index is 14.3. The highest BCUT2D eigenvalue weighted by Gasteiger charge is 2.63. The van der Waals surface area contributed by atoms with Gasteiger partial charge in [0.2, 0.25) is 5.92 Å². The van der Waals surface area contributed by atoms with Crippen molar-refractivity contribution >= 4 is 5.57 Å². The average molecular weight is 357 g/mol. The van der Waals surface area contributed by atoms with Crippen LogP contribution in [0, 0.1) is 34.5 Å². The zero-order valence-electron chi connectivity index (χ0n) is 15.8. The summed E-state index contributed by atoms with van der Waals surface area (Å²) in [6.07, 6.45) is 12.0. The molecule has 0 bridgehead atoms. The molecule has 4 aliphatic rings. The maximum atomic E-state index is 14.3. The van der Waals surface area contributed by atoms with E-state index in [2.05, 4.69) is 31.0 Å². The third-order valence-corrected chi connectivity index (χ3v) is 8.80.